The molecule has 0 bridgehead atoms. The van der Waals surface area contributed by atoms with Crippen LogP contribution in [0.25, 0.3) is 0 Å². The predicted molar refractivity (Wildman–Crippen MR) is 92.5 cm³/mol. The quantitative estimate of drug-likeness (QED) is 0.752. The molecule has 1 spiro atoms. The molecule has 122 valence electrons. The van der Waals surface area contributed by atoms with Gasteiger partial charge in [-0.15, -0.1) is 17.0 Å². The third-order valence-corrected chi connectivity index (χ3v) is 5.53. The smallest absolute Gasteiger partial charge is 0.231 e. The lowest BCUT2D eigenvalue weighted by Gasteiger charge is -2.48. The third kappa shape index (κ3) is 1.96. The summed E-state index contributed by atoms with van der Waals surface area (Å²) in [6, 6.07) is 4.38. The maximum absolute atomic E-state index is 5.65. The fourth-order valence-electron chi connectivity index (χ4n) is 4.45. The second-order valence-electron chi connectivity index (χ2n) is 6.42. The number of methoxy groups -OCH3 is 1. The van der Waals surface area contributed by atoms with E-state index in [4.69, 9.17) is 14.2 Å². The van der Waals surface area contributed by atoms with Crippen molar-refractivity contribution in [1.82, 2.24) is 4.90 Å². The fraction of sp³-hybridized carbons (Fsp3) is 0.444. The van der Waals surface area contributed by atoms with Gasteiger partial charge in [-0.25, -0.2) is 0 Å². The highest BCUT2D eigenvalue weighted by atomic mass is 79.9. The zero-order valence-electron chi connectivity index (χ0n) is 13.1. The first-order valence-corrected chi connectivity index (χ1v) is 7.91. The van der Waals surface area contributed by atoms with E-state index in [9.17, 15) is 0 Å². The molecule has 1 aromatic rings. The Labute approximate surface area is 146 Å². The van der Waals surface area contributed by atoms with Crippen LogP contribution in [0.2, 0.25) is 0 Å². The van der Waals surface area contributed by atoms with E-state index in [2.05, 4.69) is 35.3 Å². The van der Waals surface area contributed by atoms with E-state index in [0.29, 0.717) is 6.79 Å². The molecule has 1 aromatic carbocycles. The van der Waals surface area contributed by atoms with Gasteiger partial charge in [0.25, 0.3) is 0 Å². The lowest BCUT2D eigenvalue weighted by atomic mass is 9.71. The molecule has 0 aromatic heterocycles. The zero-order valence-corrected chi connectivity index (χ0v) is 14.8. The van der Waals surface area contributed by atoms with Crippen molar-refractivity contribution in [3.63, 3.8) is 0 Å². The topological polar surface area (TPSA) is 30.9 Å². The van der Waals surface area contributed by atoms with Crippen LogP contribution in [0.4, 0.5) is 0 Å². The second-order valence-corrected chi connectivity index (χ2v) is 6.42. The van der Waals surface area contributed by atoms with Gasteiger partial charge in [0.05, 0.1) is 11.6 Å². The molecule has 5 heteroatoms. The molecule has 0 amide bonds. The lowest BCUT2D eigenvalue weighted by Crippen LogP contribution is -2.51. The Morgan fingerprint density at radius 3 is 2.91 bits per heavy atom. The number of fused-ring (bicyclic) bond motifs is 2. The first kappa shape index (κ1) is 15.2. The maximum atomic E-state index is 5.65. The normalized spacial score (nSPS) is 30.1. The van der Waals surface area contributed by atoms with Crippen LogP contribution in [0.5, 0.6) is 11.5 Å². The van der Waals surface area contributed by atoms with Crippen molar-refractivity contribution in [2.45, 2.75) is 24.5 Å². The molecular formula is C18H20BrNO3. The van der Waals surface area contributed by atoms with Crippen LogP contribution in [0.1, 0.15) is 17.5 Å². The van der Waals surface area contributed by atoms with Crippen molar-refractivity contribution in [3.05, 3.63) is 47.1 Å². The molecule has 0 radical (unpaired) electrons. The second kappa shape index (κ2) is 5.36. The highest BCUT2D eigenvalue weighted by Crippen LogP contribution is 2.52. The molecule has 1 aliphatic carbocycles. The molecule has 0 N–H and O–H groups in total. The van der Waals surface area contributed by atoms with Crippen LogP contribution in [-0.4, -0.2) is 38.0 Å². The average molecular weight is 378 g/mol. The minimum Gasteiger partial charge on any atom is -0.454 e. The number of hydrogen-bond acceptors (Lipinski definition) is 4. The van der Waals surface area contributed by atoms with Gasteiger partial charge < -0.3 is 14.2 Å². The summed E-state index contributed by atoms with van der Waals surface area (Å²) in [4.78, 5) is 2.59. The van der Waals surface area contributed by atoms with E-state index in [1.54, 1.807) is 7.11 Å². The molecule has 4 nitrogen and oxygen atoms in total. The summed E-state index contributed by atoms with van der Waals surface area (Å²) in [6.07, 6.45) is 8.99. The minimum absolute atomic E-state index is 0. The van der Waals surface area contributed by atoms with Gasteiger partial charge in [0.2, 0.25) is 6.79 Å². The van der Waals surface area contributed by atoms with Crippen molar-refractivity contribution in [2.24, 2.45) is 0 Å². The van der Waals surface area contributed by atoms with Crippen molar-refractivity contribution >= 4 is 17.0 Å². The number of benzene rings is 1. The van der Waals surface area contributed by atoms with Crippen molar-refractivity contribution < 1.29 is 14.2 Å². The van der Waals surface area contributed by atoms with Gasteiger partial charge in [0.15, 0.2) is 11.5 Å². The van der Waals surface area contributed by atoms with Crippen LogP contribution in [0, 0.1) is 0 Å². The van der Waals surface area contributed by atoms with Gasteiger partial charge >= 0.3 is 0 Å². The minimum atomic E-state index is -0.0516. The monoisotopic (exact) mass is 377 g/mol. The number of rotatable bonds is 1. The first-order valence-electron chi connectivity index (χ1n) is 7.91. The number of halogens is 1. The molecule has 1 unspecified atom stereocenters. The zero-order chi connectivity index (χ0) is 14.7. The Kier molecular flexibility index (Phi) is 3.55. The standard InChI is InChI=1S/C18H19NO3.BrH/c1-20-14-3-2-13-5-7-19-6-4-12-8-16-17(22-11-21-16)9-15(12)18(13,19)10-14;/h2-3,5,8-9,14H,4,6-7,10-11H2,1H3;1H/t14-,18?;/m0./s1. The van der Waals surface area contributed by atoms with Gasteiger partial charge in [-0.1, -0.05) is 18.2 Å². The van der Waals surface area contributed by atoms with Gasteiger partial charge in [-0.05, 0) is 35.3 Å². The molecule has 0 fully saturated rings. The van der Waals surface area contributed by atoms with Crippen molar-refractivity contribution in [3.8, 4) is 11.5 Å². The molecule has 4 aliphatic rings. The summed E-state index contributed by atoms with van der Waals surface area (Å²) in [5, 5.41) is 0. The SMILES string of the molecule is Br.CO[C@H]1C=CC2=CCN3CCc4cc5c(cc4C23C1)OCO5. The van der Waals surface area contributed by atoms with E-state index in [1.165, 1.54) is 16.7 Å². The average Bonchev–Trinajstić information content (AvgIpc) is 3.16. The highest BCUT2D eigenvalue weighted by Gasteiger charge is 2.50. The van der Waals surface area contributed by atoms with E-state index >= 15 is 0 Å². The summed E-state index contributed by atoms with van der Waals surface area (Å²) in [5.74, 6) is 1.77. The number of ether oxygens (including phenoxy) is 3. The Morgan fingerprint density at radius 1 is 1.26 bits per heavy atom. The molecular weight excluding hydrogens is 358 g/mol. The Hall–Kier alpha value is -1.30. The van der Waals surface area contributed by atoms with Crippen LogP contribution in [0.3, 0.4) is 0 Å². The van der Waals surface area contributed by atoms with Gasteiger partial charge in [0, 0.05) is 26.6 Å². The Bertz CT molecular complexity index is 714. The predicted octanol–water partition coefficient (Wildman–Crippen LogP) is 2.96. The largest absolute Gasteiger partial charge is 0.454 e. The molecule has 0 saturated carbocycles. The molecule has 3 aliphatic heterocycles. The fourth-order valence-corrected chi connectivity index (χ4v) is 4.45. The van der Waals surface area contributed by atoms with Crippen LogP contribution in [-0.2, 0) is 16.7 Å². The van der Waals surface area contributed by atoms with Crippen LogP contribution in [0.15, 0.2) is 35.9 Å². The van der Waals surface area contributed by atoms with Crippen molar-refractivity contribution in [1.29, 1.82) is 0 Å². The summed E-state index contributed by atoms with van der Waals surface area (Å²) < 4.78 is 16.9. The van der Waals surface area contributed by atoms with E-state index in [0.717, 1.165) is 37.4 Å². The van der Waals surface area contributed by atoms with Crippen LogP contribution < -0.4 is 9.47 Å². The molecule has 2 atom stereocenters. The number of hydrogen-bond donors (Lipinski definition) is 0. The first-order chi connectivity index (χ1) is 10.8. The van der Waals surface area contributed by atoms with Gasteiger partial charge in [-0.2, -0.15) is 0 Å². The van der Waals surface area contributed by atoms with E-state index < -0.39 is 0 Å². The molecule has 0 saturated heterocycles. The van der Waals surface area contributed by atoms with E-state index in [-0.39, 0.29) is 28.6 Å². The molecule has 5 rings (SSSR count). The van der Waals surface area contributed by atoms with Gasteiger partial charge in [-0.3, -0.25) is 4.90 Å². The summed E-state index contributed by atoms with van der Waals surface area (Å²) in [5.41, 5.74) is 4.11. The highest BCUT2D eigenvalue weighted by molar-refractivity contribution is 8.93. The summed E-state index contributed by atoms with van der Waals surface area (Å²) >= 11 is 0. The third-order valence-electron chi connectivity index (χ3n) is 5.53. The summed E-state index contributed by atoms with van der Waals surface area (Å²) in [6.45, 7) is 2.43. The Balaban J connectivity index is 0.00000135. The van der Waals surface area contributed by atoms with Gasteiger partial charge in [0.1, 0.15) is 0 Å². The Morgan fingerprint density at radius 2 is 2.09 bits per heavy atom. The van der Waals surface area contributed by atoms with Crippen molar-refractivity contribution in [2.75, 3.05) is 27.0 Å². The lowest BCUT2D eigenvalue weighted by molar-refractivity contribution is 0.0514. The molecule has 3 heterocycles. The molecule has 23 heavy (non-hydrogen) atoms. The summed E-state index contributed by atoms with van der Waals surface area (Å²) in [7, 11) is 1.79. The van der Waals surface area contributed by atoms with Crippen LogP contribution >= 0.6 is 17.0 Å². The maximum Gasteiger partial charge on any atom is 0.231 e. The number of nitrogens with zero attached hydrogens (tertiary/aromatic N) is 1. The van der Waals surface area contributed by atoms with E-state index in [1.807, 2.05) is 0 Å².